The van der Waals surface area contributed by atoms with E-state index in [0.29, 0.717) is 11.3 Å². The van der Waals surface area contributed by atoms with E-state index in [-0.39, 0.29) is 12.5 Å². The molecule has 8 heteroatoms. The molecule has 1 unspecified atom stereocenters. The van der Waals surface area contributed by atoms with Gasteiger partial charge in [0, 0.05) is 20.6 Å². The third-order valence-corrected chi connectivity index (χ3v) is 2.90. The summed E-state index contributed by atoms with van der Waals surface area (Å²) in [5.41, 5.74) is 5.49. The Morgan fingerprint density at radius 2 is 1.71 bits per heavy atom. The average molecular weight is 311 g/mol. The van der Waals surface area contributed by atoms with Crippen LogP contribution in [0.1, 0.15) is 20.3 Å². The molecule has 2 N–H and O–H groups in total. The van der Waals surface area contributed by atoms with Crippen molar-refractivity contribution in [3.05, 3.63) is 0 Å². The number of rotatable bonds is 7. The van der Waals surface area contributed by atoms with E-state index < -0.39 is 37.0 Å². The zero-order valence-corrected chi connectivity index (χ0v) is 12.9. The van der Waals surface area contributed by atoms with Crippen molar-refractivity contribution in [2.75, 3.05) is 33.7 Å². The summed E-state index contributed by atoms with van der Waals surface area (Å²) in [7, 11) is 2.85. The number of halogens is 3. The van der Waals surface area contributed by atoms with Crippen molar-refractivity contribution in [2.45, 2.75) is 26.4 Å². The van der Waals surface area contributed by atoms with Crippen LogP contribution in [0.15, 0.2) is 0 Å². The van der Waals surface area contributed by atoms with Gasteiger partial charge in [-0.05, 0) is 12.3 Å². The van der Waals surface area contributed by atoms with Gasteiger partial charge in [0.25, 0.3) is 0 Å². The Kier molecular flexibility index (Phi) is 7.70. The van der Waals surface area contributed by atoms with Crippen molar-refractivity contribution in [2.24, 2.45) is 17.6 Å². The van der Waals surface area contributed by atoms with Gasteiger partial charge in [0.1, 0.15) is 13.1 Å². The number of alkyl halides is 3. The summed E-state index contributed by atoms with van der Waals surface area (Å²) in [4.78, 5) is 25.5. The predicted octanol–water partition coefficient (Wildman–Crippen LogP) is 1.09. The molecule has 0 radical (unpaired) electrons. The maximum absolute atomic E-state index is 12.6. The van der Waals surface area contributed by atoms with Crippen molar-refractivity contribution >= 4 is 11.8 Å². The van der Waals surface area contributed by atoms with Crippen molar-refractivity contribution < 1.29 is 22.8 Å². The monoisotopic (exact) mass is 311 g/mol. The Balaban J connectivity index is 5.08. The largest absolute Gasteiger partial charge is 0.406 e. The minimum Gasteiger partial charge on any atom is -0.347 e. The van der Waals surface area contributed by atoms with Gasteiger partial charge in [-0.2, -0.15) is 13.2 Å². The third-order valence-electron chi connectivity index (χ3n) is 2.90. The standard InChI is InChI=1S/C13H24F3N3O2/c1-9(2)5-10(6-17)12(21)19(8-13(14,15)16)7-11(20)18(3)4/h9-10H,5-8,17H2,1-4H3. The van der Waals surface area contributed by atoms with Gasteiger partial charge in [-0.25, -0.2) is 0 Å². The van der Waals surface area contributed by atoms with Crippen molar-refractivity contribution in [1.82, 2.24) is 9.80 Å². The first-order valence-corrected chi connectivity index (χ1v) is 6.73. The minimum absolute atomic E-state index is 0.0402. The Hall–Kier alpha value is -1.31. The number of likely N-dealkylation sites (N-methyl/N-ethyl adjacent to an activating group) is 1. The maximum atomic E-state index is 12.6. The van der Waals surface area contributed by atoms with Crippen LogP contribution in [0.2, 0.25) is 0 Å². The molecule has 5 nitrogen and oxygen atoms in total. The fraction of sp³-hybridized carbons (Fsp3) is 0.846. The SMILES string of the molecule is CC(C)CC(CN)C(=O)N(CC(=O)N(C)C)CC(F)(F)F. The molecule has 2 amide bonds. The average Bonchev–Trinajstić information content (AvgIpc) is 2.32. The van der Waals surface area contributed by atoms with Gasteiger partial charge >= 0.3 is 6.18 Å². The molecule has 124 valence electrons. The van der Waals surface area contributed by atoms with Gasteiger partial charge in [0.2, 0.25) is 11.8 Å². The van der Waals surface area contributed by atoms with Crippen LogP contribution in [-0.2, 0) is 9.59 Å². The molecule has 0 aromatic heterocycles. The second-order valence-electron chi connectivity index (χ2n) is 5.66. The van der Waals surface area contributed by atoms with Crippen LogP contribution in [0.5, 0.6) is 0 Å². The molecule has 0 saturated carbocycles. The second kappa shape index (κ2) is 8.21. The van der Waals surface area contributed by atoms with E-state index in [4.69, 9.17) is 5.73 Å². The van der Waals surface area contributed by atoms with Gasteiger partial charge in [-0.1, -0.05) is 13.8 Å². The molecule has 21 heavy (non-hydrogen) atoms. The normalized spacial score (nSPS) is 13.2. The Bertz CT molecular complexity index is 357. The summed E-state index contributed by atoms with van der Waals surface area (Å²) >= 11 is 0. The van der Waals surface area contributed by atoms with Gasteiger partial charge in [0.15, 0.2) is 0 Å². The molecule has 0 bridgehead atoms. The van der Waals surface area contributed by atoms with Gasteiger partial charge in [-0.3, -0.25) is 9.59 Å². The lowest BCUT2D eigenvalue weighted by molar-refractivity contribution is -0.166. The van der Waals surface area contributed by atoms with Gasteiger partial charge in [-0.15, -0.1) is 0 Å². The lowest BCUT2D eigenvalue weighted by atomic mass is 9.96. The highest BCUT2D eigenvalue weighted by Crippen LogP contribution is 2.20. The van der Waals surface area contributed by atoms with Gasteiger partial charge in [0.05, 0.1) is 5.92 Å². The Morgan fingerprint density at radius 1 is 1.19 bits per heavy atom. The van der Waals surface area contributed by atoms with Crippen molar-refractivity contribution in [3.8, 4) is 0 Å². The van der Waals surface area contributed by atoms with Crippen LogP contribution in [0.25, 0.3) is 0 Å². The van der Waals surface area contributed by atoms with E-state index in [1.54, 1.807) is 0 Å². The molecular formula is C13H24F3N3O2. The predicted molar refractivity (Wildman–Crippen MR) is 73.3 cm³/mol. The van der Waals surface area contributed by atoms with Gasteiger partial charge < -0.3 is 15.5 Å². The Labute approximate surface area is 123 Å². The first-order valence-electron chi connectivity index (χ1n) is 6.73. The molecule has 0 aromatic carbocycles. The molecule has 0 spiro atoms. The molecule has 1 atom stereocenters. The first kappa shape index (κ1) is 19.7. The Morgan fingerprint density at radius 3 is 2.05 bits per heavy atom. The number of hydrogen-bond donors (Lipinski definition) is 1. The summed E-state index contributed by atoms with van der Waals surface area (Å²) in [5, 5.41) is 0. The number of carbonyl (C=O) groups excluding carboxylic acids is 2. The fourth-order valence-electron chi connectivity index (χ4n) is 1.86. The highest BCUT2D eigenvalue weighted by molar-refractivity contribution is 5.86. The molecule has 0 fully saturated rings. The van der Waals surface area contributed by atoms with Crippen LogP contribution in [0, 0.1) is 11.8 Å². The molecular weight excluding hydrogens is 287 g/mol. The first-order chi connectivity index (χ1) is 9.47. The second-order valence-corrected chi connectivity index (χ2v) is 5.66. The van der Waals surface area contributed by atoms with Crippen molar-refractivity contribution in [3.63, 3.8) is 0 Å². The summed E-state index contributed by atoms with van der Waals surface area (Å²) < 4.78 is 37.8. The quantitative estimate of drug-likeness (QED) is 0.765. The van der Waals surface area contributed by atoms with E-state index in [9.17, 15) is 22.8 Å². The smallest absolute Gasteiger partial charge is 0.347 e. The van der Waals surface area contributed by atoms with E-state index >= 15 is 0 Å². The maximum Gasteiger partial charge on any atom is 0.406 e. The molecule has 0 saturated heterocycles. The molecule has 0 rings (SSSR count). The van der Waals surface area contributed by atoms with Crippen LogP contribution in [0.4, 0.5) is 13.2 Å². The van der Waals surface area contributed by atoms with E-state index in [0.717, 1.165) is 4.90 Å². The van der Waals surface area contributed by atoms with Crippen LogP contribution in [0.3, 0.4) is 0 Å². The lowest BCUT2D eigenvalue weighted by Gasteiger charge is -2.28. The van der Waals surface area contributed by atoms with Crippen LogP contribution >= 0.6 is 0 Å². The molecule has 0 aliphatic heterocycles. The third kappa shape index (κ3) is 7.89. The number of nitrogens with two attached hydrogens (primary N) is 1. The van der Waals surface area contributed by atoms with E-state index in [2.05, 4.69) is 0 Å². The molecule has 0 aliphatic carbocycles. The molecule has 0 heterocycles. The molecule has 0 aliphatic rings. The summed E-state index contributed by atoms with van der Waals surface area (Å²) in [6.07, 6.45) is -4.17. The highest BCUT2D eigenvalue weighted by Gasteiger charge is 2.36. The highest BCUT2D eigenvalue weighted by atomic mass is 19.4. The number of amides is 2. The fourth-order valence-corrected chi connectivity index (χ4v) is 1.86. The molecule has 0 aromatic rings. The summed E-state index contributed by atoms with van der Waals surface area (Å²) in [6.45, 7) is 1.63. The number of carbonyl (C=O) groups is 2. The zero-order valence-electron chi connectivity index (χ0n) is 12.9. The topological polar surface area (TPSA) is 66.6 Å². The van der Waals surface area contributed by atoms with Crippen molar-refractivity contribution in [1.29, 1.82) is 0 Å². The zero-order chi connectivity index (χ0) is 16.8. The minimum atomic E-state index is -4.56. The lowest BCUT2D eigenvalue weighted by Crippen LogP contribution is -2.48. The summed E-state index contributed by atoms with van der Waals surface area (Å²) in [6, 6.07) is 0. The number of hydrogen-bond acceptors (Lipinski definition) is 3. The summed E-state index contributed by atoms with van der Waals surface area (Å²) in [5.74, 6) is -1.87. The van der Waals surface area contributed by atoms with Crippen LogP contribution < -0.4 is 5.73 Å². The van der Waals surface area contributed by atoms with E-state index in [1.165, 1.54) is 14.1 Å². The van der Waals surface area contributed by atoms with Crippen LogP contribution in [-0.4, -0.2) is 61.5 Å². The van der Waals surface area contributed by atoms with E-state index in [1.807, 2.05) is 13.8 Å². The number of nitrogens with zero attached hydrogens (tertiary/aromatic N) is 2.